The lowest BCUT2D eigenvalue weighted by atomic mass is 9.73. The van der Waals surface area contributed by atoms with Crippen LogP contribution in [0.15, 0.2) is 0 Å². The number of aliphatic hydroxyl groups is 1. The fourth-order valence-corrected chi connectivity index (χ4v) is 2.36. The van der Waals surface area contributed by atoms with Crippen molar-refractivity contribution in [2.24, 2.45) is 23.7 Å². The van der Waals surface area contributed by atoms with Crippen molar-refractivity contribution in [3.8, 4) is 11.8 Å². The van der Waals surface area contributed by atoms with Crippen LogP contribution in [0.2, 0.25) is 0 Å². The Kier molecular flexibility index (Phi) is 4.15. The summed E-state index contributed by atoms with van der Waals surface area (Å²) in [4.78, 5) is 11.1. The van der Waals surface area contributed by atoms with E-state index in [1.54, 1.807) is 0 Å². The van der Waals surface area contributed by atoms with Crippen molar-refractivity contribution in [2.75, 3.05) is 0 Å². The second-order valence-corrected chi connectivity index (χ2v) is 5.44. The molecule has 5 atom stereocenters. The van der Waals surface area contributed by atoms with Crippen molar-refractivity contribution >= 4 is 6.29 Å². The molecule has 0 fully saturated rings. The monoisotopic (exact) mass is 222 g/mol. The number of aldehydes is 1. The lowest BCUT2D eigenvalue weighted by molar-refractivity contribution is -0.115. The molecule has 0 radical (unpaired) electrons. The fourth-order valence-electron chi connectivity index (χ4n) is 2.36. The van der Waals surface area contributed by atoms with Crippen molar-refractivity contribution < 1.29 is 9.90 Å². The normalized spacial score (nSPS) is 44.6. The van der Waals surface area contributed by atoms with Gasteiger partial charge in [-0.25, -0.2) is 0 Å². The van der Waals surface area contributed by atoms with Crippen molar-refractivity contribution in [1.82, 2.24) is 0 Å². The highest BCUT2D eigenvalue weighted by molar-refractivity contribution is 5.54. The molecule has 0 bridgehead atoms. The average molecular weight is 222 g/mol. The third kappa shape index (κ3) is 2.86. The molecule has 1 N–H and O–H groups in total. The van der Waals surface area contributed by atoms with Crippen LogP contribution < -0.4 is 0 Å². The first-order valence-electron chi connectivity index (χ1n) is 6.04. The van der Waals surface area contributed by atoms with E-state index in [1.165, 1.54) is 0 Å². The van der Waals surface area contributed by atoms with Gasteiger partial charge in [0.1, 0.15) is 6.29 Å². The Labute approximate surface area is 98.4 Å². The summed E-state index contributed by atoms with van der Waals surface area (Å²) in [5.41, 5.74) is -0.794. The minimum atomic E-state index is -0.794. The smallest absolute Gasteiger partial charge is 0.123 e. The Morgan fingerprint density at radius 1 is 1.38 bits per heavy atom. The molecule has 90 valence electrons. The fraction of sp³-hybridized carbons (Fsp3) is 0.786. The lowest BCUT2D eigenvalue weighted by Gasteiger charge is -2.35. The predicted molar refractivity (Wildman–Crippen MR) is 64.7 cm³/mol. The third-order valence-electron chi connectivity index (χ3n) is 4.04. The maximum absolute atomic E-state index is 11.1. The van der Waals surface area contributed by atoms with Gasteiger partial charge in [-0.05, 0) is 25.2 Å². The Bertz CT molecular complexity index is 308. The van der Waals surface area contributed by atoms with Gasteiger partial charge in [0, 0.05) is 18.3 Å². The highest BCUT2D eigenvalue weighted by Crippen LogP contribution is 2.34. The molecule has 0 spiro atoms. The summed E-state index contributed by atoms with van der Waals surface area (Å²) in [7, 11) is 0. The minimum Gasteiger partial charge on any atom is -0.389 e. The summed E-state index contributed by atoms with van der Waals surface area (Å²) in [6.07, 6.45) is 2.33. The Hall–Kier alpha value is -0.810. The van der Waals surface area contributed by atoms with Crippen LogP contribution in [-0.4, -0.2) is 17.0 Å². The van der Waals surface area contributed by atoms with Gasteiger partial charge in [0.2, 0.25) is 0 Å². The van der Waals surface area contributed by atoms with Gasteiger partial charge < -0.3 is 9.90 Å². The van der Waals surface area contributed by atoms with Gasteiger partial charge in [0.05, 0.1) is 5.60 Å². The van der Waals surface area contributed by atoms with E-state index in [1.807, 2.05) is 20.8 Å². The minimum absolute atomic E-state index is 0.00359. The first-order valence-corrected chi connectivity index (χ1v) is 6.04. The summed E-state index contributed by atoms with van der Waals surface area (Å²) < 4.78 is 0. The molecule has 2 heteroatoms. The Morgan fingerprint density at radius 3 is 2.56 bits per heavy atom. The van der Waals surface area contributed by atoms with Crippen LogP contribution in [0.1, 0.15) is 40.5 Å². The second-order valence-electron chi connectivity index (χ2n) is 5.44. The maximum Gasteiger partial charge on any atom is 0.123 e. The van der Waals surface area contributed by atoms with Crippen LogP contribution in [0.25, 0.3) is 0 Å². The van der Waals surface area contributed by atoms with E-state index in [4.69, 9.17) is 0 Å². The van der Waals surface area contributed by atoms with E-state index in [2.05, 4.69) is 18.8 Å². The summed E-state index contributed by atoms with van der Waals surface area (Å²) in [6.45, 7) is 7.93. The van der Waals surface area contributed by atoms with Crippen LogP contribution in [-0.2, 0) is 4.79 Å². The molecule has 0 saturated heterocycles. The van der Waals surface area contributed by atoms with E-state index >= 15 is 0 Å². The highest BCUT2D eigenvalue weighted by atomic mass is 16.3. The molecule has 0 aliphatic heterocycles. The summed E-state index contributed by atoms with van der Waals surface area (Å²) in [5, 5.41) is 10.3. The molecule has 16 heavy (non-hydrogen) atoms. The standard InChI is InChI=1S/C14H22O2/c1-10-6-5-7-14(4,16)12(3)11(2)13(8-10)9-15/h9-13,16H,7-8H2,1-4H3. The molecule has 0 saturated carbocycles. The lowest BCUT2D eigenvalue weighted by Crippen LogP contribution is -2.39. The van der Waals surface area contributed by atoms with Crippen LogP contribution in [0.5, 0.6) is 0 Å². The topological polar surface area (TPSA) is 37.3 Å². The molecule has 0 aromatic heterocycles. The van der Waals surface area contributed by atoms with Gasteiger partial charge in [-0.15, -0.1) is 11.8 Å². The highest BCUT2D eigenvalue weighted by Gasteiger charge is 2.36. The zero-order valence-electron chi connectivity index (χ0n) is 10.7. The van der Waals surface area contributed by atoms with E-state index in [9.17, 15) is 9.90 Å². The SMILES string of the molecule is CC1C#CCC(C)(O)C(C)C(C)C(C=O)C1. The molecule has 1 aliphatic rings. The van der Waals surface area contributed by atoms with Crippen LogP contribution in [0.4, 0.5) is 0 Å². The molecule has 1 aliphatic carbocycles. The number of rotatable bonds is 1. The molecule has 5 unspecified atom stereocenters. The molecule has 0 aromatic rings. The number of carbonyl (C=O) groups excluding carboxylic acids is 1. The second kappa shape index (κ2) is 5.01. The van der Waals surface area contributed by atoms with Crippen LogP contribution in [0, 0.1) is 35.5 Å². The maximum atomic E-state index is 11.1. The molecule has 0 amide bonds. The zero-order valence-corrected chi connectivity index (χ0v) is 10.7. The van der Waals surface area contributed by atoms with Crippen molar-refractivity contribution in [2.45, 2.75) is 46.1 Å². The molecule has 1 rings (SSSR count). The third-order valence-corrected chi connectivity index (χ3v) is 4.04. The van der Waals surface area contributed by atoms with Gasteiger partial charge >= 0.3 is 0 Å². The number of hydrogen-bond donors (Lipinski definition) is 1. The molecule has 2 nitrogen and oxygen atoms in total. The summed E-state index contributed by atoms with van der Waals surface area (Å²) in [6, 6.07) is 0. The molecular weight excluding hydrogens is 200 g/mol. The van der Waals surface area contributed by atoms with Gasteiger partial charge in [-0.3, -0.25) is 0 Å². The quantitative estimate of drug-likeness (QED) is 0.546. The largest absolute Gasteiger partial charge is 0.389 e. The van der Waals surface area contributed by atoms with Crippen LogP contribution in [0.3, 0.4) is 0 Å². The molecule has 0 aromatic carbocycles. The van der Waals surface area contributed by atoms with Crippen molar-refractivity contribution in [1.29, 1.82) is 0 Å². The summed E-state index contributed by atoms with van der Waals surface area (Å²) >= 11 is 0. The Morgan fingerprint density at radius 2 is 2.00 bits per heavy atom. The number of carbonyl (C=O) groups is 1. The van der Waals surface area contributed by atoms with Gasteiger partial charge in [0.25, 0.3) is 0 Å². The summed E-state index contributed by atoms with van der Waals surface area (Å²) in [5.74, 6) is 6.68. The van der Waals surface area contributed by atoms with Gasteiger partial charge in [-0.1, -0.05) is 20.8 Å². The predicted octanol–water partition coefficient (Wildman–Crippen LogP) is 2.26. The van der Waals surface area contributed by atoms with Crippen molar-refractivity contribution in [3.63, 3.8) is 0 Å². The van der Waals surface area contributed by atoms with E-state index in [-0.39, 0.29) is 23.7 Å². The molecule has 0 heterocycles. The van der Waals surface area contributed by atoms with Crippen LogP contribution >= 0.6 is 0 Å². The first kappa shape index (κ1) is 13.3. The first-order chi connectivity index (χ1) is 7.38. The Balaban J connectivity index is 2.98. The average Bonchev–Trinajstić information content (AvgIpc) is 2.25. The van der Waals surface area contributed by atoms with E-state index in [0.29, 0.717) is 6.42 Å². The van der Waals surface area contributed by atoms with E-state index < -0.39 is 5.60 Å². The molecular formula is C14H22O2. The van der Waals surface area contributed by atoms with Gasteiger partial charge in [0.15, 0.2) is 0 Å². The zero-order chi connectivity index (χ0) is 12.3. The van der Waals surface area contributed by atoms with Gasteiger partial charge in [-0.2, -0.15) is 0 Å². The number of hydrogen-bond acceptors (Lipinski definition) is 2. The van der Waals surface area contributed by atoms with E-state index in [0.717, 1.165) is 12.7 Å². The van der Waals surface area contributed by atoms with Crippen molar-refractivity contribution in [3.05, 3.63) is 0 Å².